The lowest BCUT2D eigenvalue weighted by Crippen LogP contribution is -2.22. The Labute approximate surface area is 169 Å². The zero-order valence-corrected chi connectivity index (χ0v) is 17.7. The summed E-state index contributed by atoms with van der Waals surface area (Å²) in [7, 11) is -0.615. The van der Waals surface area contributed by atoms with Crippen LogP contribution in [0.5, 0.6) is 0 Å². The summed E-state index contributed by atoms with van der Waals surface area (Å²) in [6, 6.07) is 11.8. The number of hydrogen-bond acceptors (Lipinski definition) is 6. The fourth-order valence-electron chi connectivity index (χ4n) is 2.21. The highest BCUT2D eigenvalue weighted by atomic mass is 79.9. The van der Waals surface area contributed by atoms with E-state index in [2.05, 4.69) is 26.2 Å². The van der Waals surface area contributed by atoms with Gasteiger partial charge in [-0.3, -0.25) is 4.79 Å². The number of rotatable bonds is 6. The molecule has 0 bridgehead atoms. The van der Waals surface area contributed by atoms with Gasteiger partial charge < -0.3 is 9.73 Å². The van der Waals surface area contributed by atoms with E-state index in [1.807, 2.05) is 12.1 Å². The molecule has 10 heteroatoms. The van der Waals surface area contributed by atoms with E-state index in [0.29, 0.717) is 22.0 Å². The third-order valence-electron chi connectivity index (χ3n) is 3.55. The molecule has 1 N–H and O–H groups in total. The summed E-state index contributed by atoms with van der Waals surface area (Å²) < 4.78 is 32.0. The monoisotopic (exact) mass is 469 g/mol. The summed E-state index contributed by atoms with van der Waals surface area (Å²) in [4.78, 5) is 16.5. The first-order valence-electron chi connectivity index (χ1n) is 7.77. The number of halogens is 1. The summed E-state index contributed by atoms with van der Waals surface area (Å²) in [5.74, 6) is -0.0847. The third kappa shape index (κ3) is 4.70. The molecule has 0 spiro atoms. The maximum Gasteiger partial charge on any atom is 0.257 e. The summed E-state index contributed by atoms with van der Waals surface area (Å²) in [5.41, 5.74) is 1.57. The van der Waals surface area contributed by atoms with E-state index in [4.69, 9.17) is 4.42 Å². The molecule has 0 radical (unpaired) electrons. The maximum atomic E-state index is 12.2. The number of anilines is 1. The first-order valence-corrected chi connectivity index (χ1v) is 11.0. The van der Waals surface area contributed by atoms with Gasteiger partial charge in [-0.1, -0.05) is 33.8 Å². The van der Waals surface area contributed by atoms with Crippen molar-refractivity contribution >= 4 is 60.4 Å². The number of nitrogens with zero attached hydrogens (tertiary/aromatic N) is 2. The fourth-order valence-corrected chi connectivity index (χ4v) is 4.17. The molecule has 1 amide bonds. The molecule has 1 aromatic heterocycles. The average molecular weight is 470 g/mol. The van der Waals surface area contributed by atoms with Crippen LogP contribution in [-0.4, -0.2) is 43.5 Å². The van der Waals surface area contributed by atoms with Crippen LogP contribution < -0.4 is 5.32 Å². The first kappa shape index (κ1) is 19.9. The largest absolute Gasteiger partial charge is 0.431 e. The molecule has 142 valence electrons. The van der Waals surface area contributed by atoms with Crippen molar-refractivity contribution in [3.05, 3.63) is 46.9 Å². The predicted octanol–water partition coefficient (Wildman–Crippen LogP) is 3.57. The van der Waals surface area contributed by atoms with Crippen molar-refractivity contribution in [2.45, 2.75) is 10.1 Å². The van der Waals surface area contributed by atoms with E-state index in [1.165, 1.54) is 26.2 Å². The number of carbonyl (C=O) groups is 1. The van der Waals surface area contributed by atoms with Gasteiger partial charge in [0.1, 0.15) is 5.52 Å². The third-order valence-corrected chi connectivity index (χ3v) is 6.69. The lowest BCUT2D eigenvalue weighted by atomic mass is 10.3. The van der Waals surface area contributed by atoms with Crippen LogP contribution in [-0.2, 0) is 14.8 Å². The minimum absolute atomic E-state index is 0.113. The van der Waals surface area contributed by atoms with Gasteiger partial charge in [0.15, 0.2) is 5.58 Å². The van der Waals surface area contributed by atoms with Gasteiger partial charge in [0.25, 0.3) is 5.22 Å². The molecule has 0 saturated heterocycles. The molecule has 0 fully saturated rings. The van der Waals surface area contributed by atoms with Crippen LogP contribution in [0.4, 0.5) is 5.69 Å². The molecule has 0 aliphatic rings. The molecular weight excluding hydrogens is 454 g/mol. The number of fused-ring (bicyclic) bond motifs is 1. The van der Waals surface area contributed by atoms with Crippen molar-refractivity contribution in [3.8, 4) is 0 Å². The average Bonchev–Trinajstić information content (AvgIpc) is 3.02. The normalized spacial score (nSPS) is 11.9. The van der Waals surface area contributed by atoms with Crippen molar-refractivity contribution < 1.29 is 17.6 Å². The van der Waals surface area contributed by atoms with Gasteiger partial charge in [-0.25, -0.2) is 17.7 Å². The lowest BCUT2D eigenvalue weighted by molar-refractivity contribution is -0.113. The Bertz CT molecular complexity index is 1100. The van der Waals surface area contributed by atoms with Crippen LogP contribution in [0, 0.1) is 0 Å². The quantitative estimate of drug-likeness (QED) is 0.554. The highest BCUT2D eigenvalue weighted by Gasteiger charge is 2.19. The second-order valence-electron chi connectivity index (χ2n) is 5.74. The van der Waals surface area contributed by atoms with E-state index in [9.17, 15) is 13.2 Å². The van der Waals surface area contributed by atoms with Gasteiger partial charge in [0, 0.05) is 24.3 Å². The molecule has 0 aliphatic carbocycles. The van der Waals surface area contributed by atoms with Gasteiger partial charge in [-0.05, 0) is 36.4 Å². The maximum absolute atomic E-state index is 12.2. The van der Waals surface area contributed by atoms with Crippen LogP contribution in [0.1, 0.15) is 0 Å². The Morgan fingerprint density at radius 2 is 2.04 bits per heavy atom. The summed E-state index contributed by atoms with van der Waals surface area (Å²) in [6.07, 6.45) is 0. The second-order valence-corrected chi connectivity index (χ2v) is 9.74. The zero-order chi connectivity index (χ0) is 19.6. The Hall–Kier alpha value is -1.88. The van der Waals surface area contributed by atoms with Gasteiger partial charge in [0.05, 0.1) is 10.6 Å². The minimum atomic E-state index is -3.55. The van der Waals surface area contributed by atoms with Gasteiger partial charge in [0.2, 0.25) is 15.9 Å². The Balaban J connectivity index is 1.70. The standard InChI is InChI=1S/C17H16BrN3O4S2/c1-21(2)27(23,24)13-6-7-15-14(9-13)20-17(25-15)26-10-16(22)19-12-5-3-4-11(18)8-12/h3-9H,10H2,1-2H3,(H,19,22). The van der Waals surface area contributed by atoms with Crippen LogP contribution in [0.2, 0.25) is 0 Å². The van der Waals surface area contributed by atoms with E-state index in [-0.39, 0.29) is 16.6 Å². The number of benzene rings is 2. The van der Waals surface area contributed by atoms with Crippen molar-refractivity contribution in [3.63, 3.8) is 0 Å². The number of nitrogens with one attached hydrogen (secondary N) is 1. The molecular formula is C17H16BrN3O4S2. The highest BCUT2D eigenvalue weighted by Crippen LogP contribution is 2.26. The number of aromatic nitrogens is 1. The molecule has 1 heterocycles. The highest BCUT2D eigenvalue weighted by molar-refractivity contribution is 9.10. The van der Waals surface area contributed by atoms with Crippen LogP contribution in [0.15, 0.2) is 61.5 Å². The van der Waals surface area contributed by atoms with E-state index in [0.717, 1.165) is 20.5 Å². The Morgan fingerprint density at radius 1 is 1.26 bits per heavy atom. The van der Waals surface area contributed by atoms with Gasteiger partial charge >= 0.3 is 0 Å². The Kier molecular flexibility index (Phi) is 5.89. The smallest absolute Gasteiger partial charge is 0.257 e. The Morgan fingerprint density at radius 3 is 2.74 bits per heavy atom. The molecule has 0 saturated carbocycles. The summed E-state index contributed by atoms with van der Waals surface area (Å²) in [5, 5.41) is 3.08. The van der Waals surface area contributed by atoms with E-state index >= 15 is 0 Å². The molecule has 0 atom stereocenters. The molecule has 7 nitrogen and oxygen atoms in total. The van der Waals surface area contributed by atoms with Crippen molar-refractivity contribution in [2.24, 2.45) is 0 Å². The zero-order valence-electron chi connectivity index (χ0n) is 14.5. The van der Waals surface area contributed by atoms with E-state index < -0.39 is 10.0 Å². The van der Waals surface area contributed by atoms with Crippen LogP contribution in [0.25, 0.3) is 11.1 Å². The molecule has 3 aromatic rings. The lowest BCUT2D eigenvalue weighted by Gasteiger charge is -2.10. The molecule has 27 heavy (non-hydrogen) atoms. The van der Waals surface area contributed by atoms with Crippen LogP contribution in [0.3, 0.4) is 0 Å². The summed E-state index contributed by atoms with van der Waals surface area (Å²) in [6.45, 7) is 0. The summed E-state index contributed by atoms with van der Waals surface area (Å²) >= 11 is 4.48. The van der Waals surface area contributed by atoms with Crippen molar-refractivity contribution in [2.75, 3.05) is 25.2 Å². The number of thioether (sulfide) groups is 1. The second kappa shape index (κ2) is 8.01. The number of oxazole rings is 1. The first-order chi connectivity index (χ1) is 12.8. The van der Waals surface area contributed by atoms with Crippen molar-refractivity contribution in [1.82, 2.24) is 9.29 Å². The molecule has 0 aliphatic heterocycles. The number of sulfonamides is 1. The molecule has 2 aromatic carbocycles. The van der Waals surface area contributed by atoms with Crippen molar-refractivity contribution in [1.29, 1.82) is 0 Å². The number of hydrogen-bond donors (Lipinski definition) is 1. The van der Waals surface area contributed by atoms with Gasteiger partial charge in [-0.15, -0.1) is 0 Å². The predicted molar refractivity (Wildman–Crippen MR) is 108 cm³/mol. The minimum Gasteiger partial charge on any atom is -0.431 e. The topological polar surface area (TPSA) is 92.5 Å². The number of carbonyl (C=O) groups excluding carboxylic acids is 1. The molecule has 3 rings (SSSR count). The fraction of sp³-hybridized carbons (Fsp3) is 0.176. The van der Waals surface area contributed by atoms with Crippen LogP contribution >= 0.6 is 27.7 Å². The molecule has 0 unspecified atom stereocenters. The SMILES string of the molecule is CN(C)S(=O)(=O)c1ccc2oc(SCC(=O)Nc3cccc(Br)c3)nc2c1. The van der Waals surface area contributed by atoms with Gasteiger partial charge in [-0.2, -0.15) is 0 Å². The number of amides is 1. The van der Waals surface area contributed by atoms with E-state index in [1.54, 1.807) is 18.2 Å².